The fraction of sp³-hybridized carbons (Fsp3) is 0.176. The van der Waals surface area contributed by atoms with Crippen LogP contribution < -0.4 is 0 Å². The maximum Gasteiger partial charge on any atom is 0.321 e. The van der Waals surface area contributed by atoms with Gasteiger partial charge < -0.3 is 4.74 Å². The number of rotatable bonds is 6. The van der Waals surface area contributed by atoms with Gasteiger partial charge in [-0.2, -0.15) is 9.57 Å². The van der Waals surface area contributed by atoms with Gasteiger partial charge in [0, 0.05) is 17.6 Å². The number of nitriles is 1. The van der Waals surface area contributed by atoms with Crippen molar-refractivity contribution in [3.05, 3.63) is 64.7 Å². The minimum absolute atomic E-state index is 0.0297. The van der Waals surface area contributed by atoms with Gasteiger partial charge >= 0.3 is 5.97 Å². The van der Waals surface area contributed by atoms with Gasteiger partial charge in [-0.15, -0.1) is 0 Å². The lowest BCUT2D eigenvalue weighted by Gasteiger charge is -2.16. The third-order valence-corrected chi connectivity index (χ3v) is 5.47. The van der Waals surface area contributed by atoms with Gasteiger partial charge in [-0.3, -0.25) is 4.79 Å². The van der Waals surface area contributed by atoms with E-state index in [-0.39, 0.29) is 11.5 Å². The lowest BCUT2D eigenvalue weighted by atomic mass is 10.1. The molecule has 0 aliphatic rings. The first-order valence-electron chi connectivity index (χ1n) is 7.20. The molecule has 0 heterocycles. The molecule has 0 bridgehead atoms. The molecule has 130 valence electrons. The van der Waals surface area contributed by atoms with Gasteiger partial charge in [-0.25, -0.2) is 8.42 Å². The Morgan fingerprint density at radius 3 is 2.48 bits per heavy atom. The predicted molar refractivity (Wildman–Crippen MR) is 92.2 cm³/mol. The molecule has 8 heteroatoms. The Hall–Kier alpha value is -2.40. The maximum atomic E-state index is 12.4. The van der Waals surface area contributed by atoms with Gasteiger partial charge in [0.05, 0.1) is 16.5 Å². The second-order valence-electron chi connectivity index (χ2n) is 5.14. The number of ether oxygens (including phenoxy) is 1. The van der Waals surface area contributed by atoms with Crippen LogP contribution in [0.15, 0.2) is 53.4 Å². The van der Waals surface area contributed by atoms with E-state index in [9.17, 15) is 13.2 Å². The van der Waals surface area contributed by atoms with E-state index in [4.69, 9.17) is 21.6 Å². The smallest absolute Gasteiger partial charge is 0.321 e. The fourth-order valence-electron chi connectivity index (χ4n) is 2.01. The molecule has 0 unspecified atom stereocenters. The molecule has 0 fully saturated rings. The van der Waals surface area contributed by atoms with Crippen LogP contribution in [-0.2, 0) is 26.2 Å². The molecule has 0 spiro atoms. The molecule has 0 amide bonds. The molecule has 2 aromatic carbocycles. The highest BCUT2D eigenvalue weighted by molar-refractivity contribution is 7.89. The van der Waals surface area contributed by atoms with Gasteiger partial charge in [0.25, 0.3) is 0 Å². The Bertz CT molecular complexity index is 905. The number of carbonyl (C=O) groups is 1. The highest BCUT2D eigenvalue weighted by atomic mass is 35.5. The quantitative estimate of drug-likeness (QED) is 0.721. The first kappa shape index (κ1) is 18.9. The van der Waals surface area contributed by atoms with Crippen LogP contribution in [0.2, 0.25) is 5.02 Å². The van der Waals surface area contributed by atoms with Crippen molar-refractivity contribution in [2.45, 2.75) is 11.5 Å². The Balaban J connectivity index is 2.00. The lowest BCUT2D eigenvalue weighted by molar-refractivity contribution is -0.144. The molecule has 0 radical (unpaired) electrons. The van der Waals surface area contributed by atoms with Crippen molar-refractivity contribution in [2.75, 3.05) is 13.6 Å². The van der Waals surface area contributed by atoms with Crippen molar-refractivity contribution < 1.29 is 17.9 Å². The Morgan fingerprint density at radius 2 is 1.84 bits per heavy atom. The van der Waals surface area contributed by atoms with Crippen molar-refractivity contribution in [3.63, 3.8) is 0 Å². The van der Waals surface area contributed by atoms with E-state index in [0.29, 0.717) is 16.1 Å². The summed E-state index contributed by atoms with van der Waals surface area (Å²) in [6, 6.07) is 14.4. The summed E-state index contributed by atoms with van der Waals surface area (Å²) in [6.07, 6.45) is 0. The summed E-state index contributed by atoms with van der Waals surface area (Å²) in [5.74, 6) is -0.715. The van der Waals surface area contributed by atoms with E-state index in [1.54, 1.807) is 24.3 Å². The largest absolute Gasteiger partial charge is 0.460 e. The summed E-state index contributed by atoms with van der Waals surface area (Å²) in [5.41, 5.74) is 0.957. The number of carbonyl (C=O) groups excluding carboxylic acids is 1. The average Bonchev–Trinajstić information content (AvgIpc) is 2.60. The summed E-state index contributed by atoms with van der Waals surface area (Å²) in [5, 5.41) is 9.41. The highest BCUT2D eigenvalue weighted by Gasteiger charge is 2.23. The summed E-state index contributed by atoms with van der Waals surface area (Å²) in [4.78, 5) is 12.0. The van der Waals surface area contributed by atoms with E-state index in [1.165, 1.54) is 31.3 Å². The van der Waals surface area contributed by atoms with Crippen LogP contribution in [0, 0.1) is 11.3 Å². The van der Waals surface area contributed by atoms with Crippen LogP contribution in [0.4, 0.5) is 0 Å². The highest BCUT2D eigenvalue weighted by Crippen LogP contribution is 2.17. The lowest BCUT2D eigenvalue weighted by Crippen LogP contribution is -2.33. The summed E-state index contributed by atoms with van der Waals surface area (Å²) >= 11 is 5.74. The normalized spacial score (nSPS) is 11.1. The Kier molecular flexibility index (Phi) is 6.15. The number of hydrogen-bond acceptors (Lipinski definition) is 5. The van der Waals surface area contributed by atoms with Crippen molar-refractivity contribution in [2.24, 2.45) is 0 Å². The zero-order valence-corrected chi connectivity index (χ0v) is 14.9. The minimum Gasteiger partial charge on any atom is -0.460 e. The minimum atomic E-state index is -3.83. The molecular formula is C17H15ClN2O4S. The van der Waals surface area contributed by atoms with Crippen LogP contribution in [0.5, 0.6) is 0 Å². The van der Waals surface area contributed by atoms with E-state index in [2.05, 4.69) is 0 Å². The Morgan fingerprint density at radius 1 is 1.20 bits per heavy atom. The standard InChI is InChI=1S/C17H15ClN2O4S/c1-20(25(22,23)16-8-6-15(18)7-9-16)11-17(21)24-12-14-5-3-2-4-13(14)10-19/h2-9H,11-12H2,1H3. The summed E-state index contributed by atoms with van der Waals surface area (Å²) in [7, 11) is -2.54. The van der Waals surface area contributed by atoms with Crippen LogP contribution in [0.1, 0.15) is 11.1 Å². The summed E-state index contributed by atoms with van der Waals surface area (Å²) < 4.78 is 30.7. The van der Waals surface area contributed by atoms with Gasteiger partial charge in [0.1, 0.15) is 13.2 Å². The average molecular weight is 379 g/mol. The van der Waals surface area contributed by atoms with E-state index < -0.39 is 22.5 Å². The molecule has 2 rings (SSSR count). The topological polar surface area (TPSA) is 87.5 Å². The number of nitrogens with zero attached hydrogens (tertiary/aromatic N) is 2. The maximum absolute atomic E-state index is 12.4. The third kappa shape index (κ3) is 4.79. The number of likely N-dealkylation sites (N-methyl/N-ethyl adjacent to an activating group) is 1. The number of halogens is 1. The fourth-order valence-corrected chi connectivity index (χ4v) is 3.25. The molecule has 25 heavy (non-hydrogen) atoms. The van der Waals surface area contributed by atoms with Crippen molar-refractivity contribution >= 4 is 27.6 Å². The first-order chi connectivity index (χ1) is 11.8. The van der Waals surface area contributed by atoms with Crippen LogP contribution in [0.25, 0.3) is 0 Å². The van der Waals surface area contributed by atoms with Gasteiger partial charge in [-0.05, 0) is 30.3 Å². The van der Waals surface area contributed by atoms with Gasteiger partial charge in [0.2, 0.25) is 10.0 Å². The molecule has 0 atom stereocenters. The third-order valence-electron chi connectivity index (χ3n) is 3.40. The number of sulfonamides is 1. The second kappa shape index (κ2) is 8.12. The number of esters is 1. The number of benzene rings is 2. The van der Waals surface area contributed by atoms with Crippen LogP contribution >= 0.6 is 11.6 Å². The molecular weight excluding hydrogens is 364 g/mol. The molecule has 0 saturated heterocycles. The van der Waals surface area contributed by atoms with E-state index >= 15 is 0 Å². The molecule has 0 saturated carbocycles. The number of hydrogen-bond donors (Lipinski definition) is 0. The van der Waals surface area contributed by atoms with Crippen LogP contribution in [0.3, 0.4) is 0 Å². The zero-order valence-electron chi connectivity index (χ0n) is 13.3. The van der Waals surface area contributed by atoms with Gasteiger partial charge in [0.15, 0.2) is 0 Å². The van der Waals surface area contributed by atoms with Crippen LogP contribution in [-0.4, -0.2) is 32.3 Å². The molecule has 0 aliphatic carbocycles. The molecule has 2 aromatic rings. The predicted octanol–water partition coefficient (Wildman–Crippen LogP) is 2.58. The zero-order chi connectivity index (χ0) is 18.4. The summed E-state index contributed by atoms with van der Waals surface area (Å²) in [6.45, 7) is -0.545. The second-order valence-corrected chi connectivity index (χ2v) is 7.63. The van der Waals surface area contributed by atoms with Crippen molar-refractivity contribution in [3.8, 4) is 6.07 Å². The SMILES string of the molecule is CN(CC(=O)OCc1ccccc1C#N)S(=O)(=O)c1ccc(Cl)cc1. The van der Waals surface area contributed by atoms with Gasteiger partial charge in [-0.1, -0.05) is 29.8 Å². The van der Waals surface area contributed by atoms with Crippen molar-refractivity contribution in [1.82, 2.24) is 4.31 Å². The molecule has 0 N–H and O–H groups in total. The molecule has 6 nitrogen and oxygen atoms in total. The Labute approximate surface area is 151 Å². The van der Waals surface area contributed by atoms with E-state index in [1.807, 2.05) is 6.07 Å². The molecule has 0 aromatic heterocycles. The van der Waals surface area contributed by atoms with E-state index in [0.717, 1.165) is 4.31 Å². The van der Waals surface area contributed by atoms with Crippen molar-refractivity contribution in [1.29, 1.82) is 5.26 Å². The first-order valence-corrected chi connectivity index (χ1v) is 9.02. The molecule has 0 aliphatic heterocycles. The monoisotopic (exact) mass is 378 g/mol.